The van der Waals surface area contributed by atoms with Crippen molar-refractivity contribution in [1.82, 2.24) is 4.98 Å². The lowest BCUT2D eigenvalue weighted by molar-refractivity contribution is 0.586. The molecule has 0 aliphatic carbocycles. The van der Waals surface area contributed by atoms with Gasteiger partial charge in [0, 0.05) is 18.3 Å². The molecule has 1 aromatic heterocycles. The van der Waals surface area contributed by atoms with E-state index < -0.39 is 17.5 Å². The van der Waals surface area contributed by atoms with Gasteiger partial charge in [0.05, 0.1) is 0 Å². The fourth-order valence-corrected chi connectivity index (χ4v) is 1.37. The van der Waals surface area contributed by atoms with Crippen molar-refractivity contribution in [3.05, 3.63) is 59.5 Å². The molecule has 0 amide bonds. The lowest BCUT2D eigenvalue weighted by Gasteiger charge is -2.07. The molecule has 0 saturated carbocycles. The van der Waals surface area contributed by atoms with Crippen molar-refractivity contribution in [1.29, 1.82) is 0 Å². The van der Waals surface area contributed by atoms with Crippen LogP contribution in [0.3, 0.4) is 0 Å². The molecule has 0 aliphatic heterocycles. The van der Waals surface area contributed by atoms with E-state index in [0.717, 1.165) is 18.2 Å². The van der Waals surface area contributed by atoms with Gasteiger partial charge in [0.25, 0.3) is 0 Å². The van der Waals surface area contributed by atoms with E-state index in [9.17, 15) is 13.2 Å². The molecule has 0 fully saturated rings. The predicted molar refractivity (Wildman–Crippen MR) is 57.9 cm³/mol. The highest BCUT2D eigenvalue weighted by Gasteiger charge is 2.06. The van der Waals surface area contributed by atoms with Gasteiger partial charge in [-0.15, -0.1) is 0 Å². The van der Waals surface area contributed by atoms with Crippen molar-refractivity contribution in [2.45, 2.75) is 6.54 Å². The zero-order valence-corrected chi connectivity index (χ0v) is 8.75. The maximum atomic E-state index is 13.3. The summed E-state index contributed by atoms with van der Waals surface area (Å²) in [4.78, 5) is 3.74. The second-order valence-corrected chi connectivity index (χ2v) is 3.42. The number of hydrogen-bond acceptors (Lipinski definition) is 2. The van der Waals surface area contributed by atoms with Crippen LogP contribution in [0.2, 0.25) is 0 Å². The van der Waals surface area contributed by atoms with E-state index in [1.165, 1.54) is 18.3 Å². The molecule has 88 valence electrons. The molecule has 0 atom stereocenters. The number of aromatic nitrogens is 1. The number of rotatable bonds is 3. The van der Waals surface area contributed by atoms with Gasteiger partial charge in [-0.3, -0.25) is 0 Å². The first-order valence-corrected chi connectivity index (χ1v) is 4.95. The van der Waals surface area contributed by atoms with Crippen LogP contribution < -0.4 is 5.32 Å². The zero-order chi connectivity index (χ0) is 12.3. The summed E-state index contributed by atoms with van der Waals surface area (Å²) in [6.45, 7) is -0.0302. The molecule has 0 bridgehead atoms. The summed E-state index contributed by atoms with van der Waals surface area (Å²) in [7, 11) is 0. The number of halogens is 3. The Morgan fingerprint density at radius 2 is 1.88 bits per heavy atom. The third kappa shape index (κ3) is 2.75. The van der Waals surface area contributed by atoms with Gasteiger partial charge in [0.2, 0.25) is 0 Å². The van der Waals surface area contributed by atoms with E-state index in [0.29, 0.717) is 0 Å². The minimum atomic E-state index is -0.546. The fourth-order valence-electron chi connectivity index (χ4n) is 1.37. The van der Waals surface area contributed by atoms with Crippen molar-refractivity contribution in [3.63, 3.8) is 0 Å². The Balaban J connectivity index is 2.12. The standard InChI is InChI=1S/C12H9F3N2/c13-9-3-4-10(14)8(6-9)7-17-12-11(15)2-1-5-16-12/h1-6H,7H2,(H,16,17). The van der Waals surface area contributed by atoms with Gasteiger partial charge in [0.1, 0.15) is 11.6 Å². The van der Waals surface area contributed by atoms with Crippen LogP contribution in [0.1, 0.15) is 5.56 Å². The van der Waals surface area contributed by atoms with Crippen molar-refractivity contribution in [2.75, 3.05) is 5.32 Å². The summed E-state index contributed by atoms with van der Waals surface area (Å²) in [5.74, 6) is -1.61. The Morgan fingerprint density at radius 3 is 2.65 bits per heavy atom. The Labute approximate surface area is 96.1 Å². The quantitative estimate of drug-likeness (QED) is 0.888. The van der Waals surface area contributed by atoms with Crippen LogP contribution in [-0.2, 0) is 6.54 Å². The smallest absolute Gasteiger partial charge is 0.165 e. The molecule has 0 unspecified atom stereocenters. The van der Waals surface area contributed by atoms with Crippen LogP contribution >= 0.6 is 0 Å². The van der Waals surface area contributed by atoms with Crippen molar-refractivity contribution in [2.24, 2.45) is 0 Å². The number of benzene rings is 1. The topological polar surface area (TPSA) is 24.9 Å². The number of nitrogens with one attached hydrogen (secondary N) is 1. The second-order valence-electron chi connectivity index (χ2n) is 3.42. The summed E-state index contributed by atoms with van der Waals surface area (Å²) in [5, 5.41) is 2.60. The summed E-state index contributed by atoms with van der Waals surface area (Å²) >= 11 is 0. The van der Waals surface area contributed by atoms with Gasteiger partial charge in [0.15, 0.2) is 11.6 Å². The summed E-state index contributed by atoms with van der Waals surface area (Å²) in [6, 6.07) is 5.80. The van der Waals surface area contributed by atoms with Gasteiger partial charge in [-0.25, -0.2) is 18.2 Å². The molecule has 2 aromatic rings. The highest BCUT2D eigenvalue weighted by atomic mass is 19.1. The number of hydrogen-bond donors (Lipinski definition) is 1. The van der Waals surface area contributed by atoms with Crippen LogP contribution in [0.5, 0.6) is 0 Å². The van der Waals surface area contributed by atoms with Gasteiger partial charge < -0.3 is 5.32 Å². The van der Waals surface area contributed by atoms with Gasteiger partial charge >= 0.3 is 0 Å². The van der Waals surface area contributed by atoms with E-state index in [2.05, 4.69) is 10.3 Å². The molecule has 0 saturated heterocycles. The fraction of sp³-hybridized carbons (Fsp3) is 0.0833. The molecule has 0 spiro atoms. The van der Waals surface area contributed by atoms with E-state index in [1.807, 2.05) is 0 Å². The highest BCUT2D eigenvalue weighted by molar-refractivity contribution is 5.36. The summed E-state index contributed by atoms with van der Waals surface area (Å²) in [5.41, 5.74) is 0.120. The molecule has 2 nitrogen and oxygen atoms in total. The van der Waals surface area contributed by atoms with Crippen molar-refractivity contribution in [3.8, 4) is 0 Å². The molecule has 1 aromatic carbocycles. The van der Waals surface area contributed by atoms with E-state index >= 15 is 0 Å². The third-order valence-corrected chi connectivity index (χ3v) is 2.21. The third-order valence-electron chi connectivity index (χ3n) is 2.21. The largest absolute Gasteiger partial charge is 0.363 e. The van der Waals surface area contributed by atoms with Gasteiger partial charge in [-0.1, -0.05) is 0 Å². The average molecular weight is 238 g/mol. The highest BCUT2D eigenvalue weighted by Crippen LogP contribution is 2.13. The van der Waals surface area contributed by atoms with Crippen molar-refractivity contribution < 1.29 is 13.2 Å². The lowest BCUT2D eigenvalue weighted by Crippen LogP contribution is -2.05. The van der Waals surface area contributed by atoms with Crippen LogP contribution in [0.25, 0.3) is 0 Å². The maximum Gasteiger partial charge on any atom is 0.165 e. The van der Waals surface area contributed by atoms with Crippen LogP contribution in [0.4, 0.5) is 19.0 Å². The minimum Gasteiger partial charge on any atom is -0.363 e. The zero-order valence-electron chi connectivity index (χ0n) is 8.75. The number of nitrogens with zero attached hydrogens (tertiary/aromatic N) is 1. The van der Waals surface area contributed by atoms with Gasteiger partial charge in [-0.2, -0.15) is 0 Å². The normalized spacial score (nSPS) is 10.3. The molecule has 5 heteroatoms. The molecule has 1 heterocycles. The van der Waals surface area contributed by atoms with Crippen LogP contribution in [-0.4, -0.2) is 4.98 Å². The molecule has 2 rings (SSSR count). The molecule has 0 aliphatic rings. The molecular formula is C12H9F3N2. The molecule has 0 radical (unpaired) electrons. The van der Waals surface area contributed by atoms with E-state index in [-0.39, 0.29) is 17.9 Å². The molecule has 1 N–H and O–H groups in total. The van der Waals surface area contributed by atoms with Crippen LogP contribution in [0.15, 0.2) is 36.5 Å². The Bertz CT molecular complexity index is 529. The maximum absolute atomic E-state index is 13.3. The first kappa shape index (κ1) is 11.4. The summed E-state index contributed by atoms with van der Waals surface area (Å²) < 4.78 is 39.3. The summed E-state index contributed by atoms with van der Waals surface area (Å²) in [6.07, 6.45) is 1.41. The van der Waals surface area contributed by atoms with Gasteiger partial charge in [-0.05, 0) is 30.3 Å². The van der Waals surface area contributed by atoms with E-state index in [4.69, 9.17) is 0 Å². The second kappa shape index (κ2) is 4.86. The molecular weight excluding hydrogens is 229 g/mol. The first-order valence-electron chi connectivity index (χ1n) is 4.95. The monoisotopic (exact) mass is 238 g/mol. The van der Waals surface area contributed by atoms with E-state index in [1.54, 1.807) is 0 Å². The predicted octanol–water partition coefficient (Wildman–Crippen LogP) is 3.11. The lowest BCUT2D eigenvalue weighted by atomic mass is 10.2. The van der Waals surface area contributed by atoms with Crippen molar-refractivity contribution >= 4 is 5.82 Å². The number of anilines is 1. The first-order chi connectivity index (χ1) is 8.16. The Kier molecular flexibility index (Phi) is 3.27. The Morgan fingerprint density at radius 1 is 1.06 bits per heavy atom. The SMILES string of the molecule is Fc1ccc(F)c(CNc2ncccc2F)c1. The Hall–Kier alpha value is -2.04. The molecule has 17 heavy (non-hydrogen) atoms. The number of pyridine rings is 1. The average Bonchev–Trinajstić information content (AvgIpc) is 2.32. The minimum absolute atomic E-state index is 0.0103. The van der Waals surface area contributed by atoms with Crippen LogP contribution in [0, 0.1) is 17.5 Å².